The molecule has 0 bridgehead atoms. The van der Waals surface area contributed by atoms with Crippen molar-refractivity contribution >= 4 is 5.97 Å². The summed E-state index contributed by atoms with van der Waals surface area (Å²) in [5.41, 5.74) is -0.727. The van der Waals surface area contributed by atoms with Crippen LogP contribution in [0.2, 0.25) is 0 Å². The molecule has 0 saturated carbocycles. The minimum absolute atomic E-state index is 0.464. The van der Waals surface area contributed by atoms with Gasteiger partial charge < -0.3 is 4.74 Å². The second kappa shape index (κ2) is 5.97. The van der Waals surface area contributed by atoms with Gasteiger partial charge in [0, 0.05) is 18.9 Å². The van der Waals surface area contributed by atoms with Crippen molar-refractivity contribution in [3.8, 4) is 0 Å². The van der Waals surface area contributed by atoms with Gasteiger partial charge in [-0.25, -0.2) is 4.79 Å². The van der Waals surface area contributed by atoms with Crippen molar-refractivity contribution in [3.63, 3.8) is 0 Å². The molecule has 0 heterocycles. The predicted octanol–water partition coefficient (Wildman–Crippen LogP) is 2.79. The fraction of sp³-hybridized carbons (Fsp3) is 0.250. The van der Waals surface area contributed by atoms with Gasteiger partial charge in [0.05, 0.1) is 0 Å². The molecule has 0 unspecified atom stereocenters. The van der Waals surface area contributed by atoms with E-state index in [1.165, 1.54) is 0 Å². The molecule has 0 aliphatic carbocycles. The van der Waals surface area contributed by atoms with Crippen molar-refractivity contribution in [2.24, 2.45) is 0 Å². The van der Waals surface area contributed by atoms with Crippen LogP contribution in [0.1, 0.15) is 12.8 Å². The largest absolute Gasteiger partial charge is 0.451 e. The molecule has 76 valence electrons. The fourth-order valence-corrected chi connectivity index (χ4v) is 1.11. The highest BCUT2D eigenvalue weighted by atomic mass is 16.6. The Hall–Kier alpha value is -1.57. The maximum Gasteiger partial charge on any atom is 0.331 e. The first-order valence-electron chi connectivity index (χ1n) is 4.35. The van der Waals surface area contributed by atoms with Crippen LogP contribution in [0.15, 0.2) is 50.6 Å². The van der Waals surface area contributed by atoms with Crippen molar-refractivity contribution in [2.75, 3.05) is 0 Å². The molecule has 0 radical (unpaired) electrons. The van der Waals surface area contributed by atoms with Gasteiger partial charge >= 0.3 is 5.97 Å². The van der Waals surface area contributed by atoms with E-state index in [4.69, 9.17) is 4.74 Å². The number of rotatable bonds is 7. The molecule has 0 aliphatic heterocycles. The molecule has 14 heavy (non-hydrogen) atoms. The molecule has 2 nitrogen and oxygen atoms in total. The van der Waals surface area contributed by atoms with Crippen molar-refractivity contribution in [1.82, 2.24) is 0 Å². The van der Waals surface area contributed by atoms with Gasteiger partial charge in [-0.3, -0.25) is 0 Å². The van der Waals surface area contributed by atoms with Crippen LogP contribution in [0, 0.1) is 0 Å². The van der Waals surface area contributed by atoms with Crippen LogP contribution >= 0.6 is 0 Å². The Kier molecular flexibility index (Phi) is 5.30. The average Bonchev–Trinajstić information content (AvgIpc) is 2.18. The second-order valence-corrected chi connectivity index (χ2v) is 2.88. The van der Waals surface area contributed by atoms with Crippen LogP contribution in [-0.2, 0) is 9.53 Å². The normalized spacial score (nSPS) is 10.0. The Labute approximate surface area is 85.3 Å². The number of hydrogen-bond acceptors (Lipinski definition) is 2. The van der Waals surface area contributed by atoms with Crippen molar-refractivity contribution in [3.05, 3.63) is 50.6 Å². The van der Waals surface area contributed by atoms with E-state index in [9.17, 15) is 4.79 Å². The lowest BCUT2D eigenvalue weighted by molar-refractivity contribution is -0.148. The third-order valence-electron chi connectivity index (χ3n) is 1.82. The third kappa shape index (κ3) is 3.44. The quantitative estimate of drug-likeness (QED) is 0.352. The van der Waals surface area contributed by atoms with E-state index < -0.39 is 11.6 Å². The average molecular weight is 192 g/mol. The van der Waals surface area contributed by atoms with Crippen LogP contribution in [0.5, 0.6) is 0 Å². The van der Waals surface area contributed by atoms with E-state index in [0.29, 0.717) is 12.8 Å². The van der Waals surface area contributed by atoms with Crippen LogP contribution in [-0.4, -0.2) is 11.6 Å². The highest BCUT2D eigenvalue weighted by Crippen LogP contribution is 2.23. The number of esters is 1. The molecule has 0 atom stereocenters. The number of carbonyl (C=O) groups is 1. The van der Waals surface area contributed by atoms with Crippen LogP contribution in [0.25, 0.3) is 0 Å². The van der Waals surface area contributed by atoms with Gasteiger partial charge in [0.25, 0.3) is 0 Å². The Balaban J connectivity index is 4.71. The summed E-state index contributed by atoms with van der Waals surface area (Å²) in [5, 5.41) is 0. The molecule has 0 aliphatic rings. The van der Waals surface area contributed by atoms with E-state index in [1.54, 1.807) is 18.2 Å². The molecule has 0 aromatic rings. The van der Waals surface area contributed by atoms with Gasteiger partial charge in [-0.2, -0.15) is 0 Å². The first-order valence-corrected chi connectivity index (χ1v) is 4.35. The highest BCUT2D eigenvalue weighted by molar-refractivity contribution is 5.81. The first kappa shape index (κ1) is 12.4. The molecule has 0 fully saturated rings. The van der Waals surface area contributed by atoms with E-state index in [-0.39, 0.29) is 0 Å². The Morgan fingerprint density at radius 2 is 1.64 bits per heavy atom. The van der Waals surface area contributed by atoms with Gasteiger partial charge in [0.2, 0.25) is 0 Å². The van der Waals surface area contributed by atoms with Gasteiger partial charge in [-0.15, -0.1) is 13.2 Å². The zero-order valence-electron chi connectivity index (χ0n) is 8.37. The number of carbonyl (C=O) groups excluding carboxylic acids is 1. The van der Waals surface area contributed by atoms with Gasteiger partial charge in [-0.1, -0.05) is 25.3 Å². The maximum atomic E-state index is 11.1. The lowest BCUT2D eigenvalue weighted by atomic mass is 9.95. The standard InChI is InChI=1S/C12H16O2/c1-5-9-12(8-4,10-6-2)14-11(13)7-3/h5-8H,1-4,9-10H2. The van der Waals surface area contributed by atoms with Crippen molar-refractivity contribution in [2.45, 2.75) is 18.4 Å². The van der Waals surface area contributed by atoms with Crippen LogP contribution < -0.4 is 0 Å². The summed E-state index contributed by atoms with van der Waals surface area (Å²) >= 11 is 0. The monoisotopic (exact) mass is 192 g/mol. The zero-order valence-corrected chi connectivity index (χ0v) is 8.37. The summed E-state index contributed by atoms with van der Waals surface area (Å²) in [4.78, 5) is 11.1. The van der Waals surface area contributed by atoms with E-state index >= 15 is 0 Å². The first-order chi connectivity index (χ1) is 6.64. The van der Waals surface area contributed by atoms with E-state index in [1.807, 2.05) is 0 Å². The smallest absolute Gasteiger partial charge is 0.331 e. The van der Waals surface area contributed by atoms with Crippen LogP contribution in [0.4, 0.5) is 0 Å². The summed E-state index contributed by atoms with van der Waals surface area (Å²) in [5.74, 6) is -0.464. The number of ether oxygens (including phenoxy) is 1. The van der Waals surface area contributed by atoms with Crippen LogP contribution in [0.3, 0.4) is 0 Å². The molecule has 0 saturated heterocycles. The minimum Gasteiger partial charge on any atom is -0.451 e. The third-order valence-corrected chi connectivity index (χ3v) is 1.82. The highest BCUT2D eigenvalue weighted by Gasteiger charge is 2.27. The Bertz CT molecular complexity index is 241. The minimum atomic E-state index is -0.727. The summed E-state index contributed by atoms with van der Waals surface area (Å²) in [7, 11) is 0. The van der Waals surface area contributed by atoms with Gasteiger partial charge in [0.1, 0.15) is 5.60 Å². The van der Waals surface area contributed by atoms with Crippen molar-refractivity contribution in [1.29, 1.82) is 0 Å². The fourth-order valence-electron chi connectivity index (χ4n) is 1.11. The summed E-state index contributed by atoms with van der Waals surface area (Å²) in [6.07, 6.45) is 7.12. The lowest BCUT2D eigenvalue weighted by Gasteiger charge is -2.27. The topological polar surface area (TPSA) is 26.3 Å². The number of hydrogen-bond donors (Lipinski definition) is 0. The second-order valence-electron chi connectivity index (χ2n) is 2.88. The molecule has 0 aromatic carbocycles. The predicted molar refractivity (Wildman–Crippen MR) is 58.8 cm³/mol. The zero-order chi connectivity index (χ0) is 11.0. The molecule has 0 amide bonds. The maximum absolute atomic E-state index is 11.1. The van der Waals surface area contributed by atoms with Gasteiger partial charge in [0.15, 0.2) is 0 Å². The summed E-state index contributed by atoms with van der Waals surface area (Å²) < 4.78 is 5.20. The molecule has 2 heteroatoms. The Morgan fingerprint density at radius 3 is 1.93 bits per heavy atom. The molecule has 0 aromatic heterocycles. The van der Waals surface area contributed by atoms with E-state index in [2.05, 4.69) is 26.3 Å². The molecule has 0 rings (SSSR count). The summed E-state index contributed by atoms with van der Waals surface area (Å²) in [6.45, 7) is 14.2. The Morgan fingerprint density at radius 1 is 1.14 bits per heavy atom. The lowest BCUT2D eigenvalue weighted by Crippen LogP contribution is -2.31. The van der Waals surface area contributed by atoms with Gasteiger partial charge in [-0.05, 0) is 6.08 Å². The summed E-state index contributed by atoms with van der Waals surface area (Å²) in [6, 6.07) is 0. The SMILES string of the molecule is C=CCC(C=C)(CC=C)OC(=O)C=C. The molecule has 0 spiro atoms. The van der Waals surface area contributed by atoms with E-state index in [0.717, 1.165) is 6.08 Å². The molecular weight excluding hydrogens is 176 g/mol. The molecule has 0 N–H and O–H groups in total. The molecular formula is C12H16O2. The van der Waals surface area contributed by atoms with Crippen molar-refractivity contribution < 1.29 is 9.53 Å².